The van der Waals surface area contributed by atoms with Crippen molar-refractivity contribution in [3.8, 4) is 0 Å². The molecule has 23 heavy (non-hydrogen) atoms. The Morgan fingerprint density at radius 1 is 1.52 bits per heavy atom. The van der Waals surface area contributed by atoms with Crippen LogP contribution in [0.25, 0.3) is 0 Å². The Hall–Kier alpha value is -2.90. The van der Waals surface area contributed by atoms with Crippen LogP contribution in [-0.4, -0.2) is 26.4 Å². The molecular weight excluding hydrogens is 298 g/mol. The molecule has 120 valence electrons. The van der Waals surface area contributed by atoms with Crippen LogP contribution in [0.4, 0.5) is 11.4 Å². The summed E-state index contributed by atoms with van der Waals surface area (Å²) in [5, 5.41) is 13.7. The first kappa shape index (κ1) is 15.0. The van der Waals surface area contributed by atoms with E-state index in [0.29, 0.717) is 6.54 Å². The molecule has 0 spiro atoms. The van der Waals surface area contributed by atoms with Crippen molar-refractivity contribution in [2.24, 2.45) is 0 Å². The lowest BCUT2D eigenvalue weighted by molar-refractivity contribution is -0.384. The minimum Gasteiger partial charge on any atom is -0.398 e. The first-order chi connectivity index (χ1) is 10.9. The van der Waals surface area contributed by atoms with Crippen LogP contribution in [0, 0.1) is 17.0 Å². The molecule has 0 saturated carbocycles. The number of fused-ring (bicyclic) bond motifs is 1. The Kier molecular flexibility index (Phi) is 3.73. The van der Waals surface area contributed by atoms with Crippen molar-refractivity contribution in [2.75, 3.05) is 5.73 Å². The largest absolute Gasteiger partial charge is 0.398 e. The predicted molar refractivity (Wildman–Crippen MR) is 84.0 cm³/mol. The van der Waals surface area contributed by atoms with E-state index in [2.05, 4.69) is 10.3 Å². The first-order valence-electron chi connectivity index (χ1n) is 7.31. The molecule has 3 N–H and O–H groups in total. The monoisotopic (exact) mass is 315 g/mol. The van der Waals surface area contributed by atoms with Gasteiger partial charge in [-0.3, -0.25) is 14.9 Å². The quantitative estimate of drug-likeness (QED) is 0.505. The van der Waals surface area contributed by atoms with E-state index in [1.807, 2.05) is 17.7 Å². The van der Waals surface area contributed by atoms with Gasteiger partial charge < -0.3 is 15.6 Å². The van der Waals surface area contributed by atoms with Crippen LogP contribution in [0.1, 0.15) is 28.3 Å². The van der Waals surface area contributed by atoms with Gasteiger partial charge in [-0.1, -0.05) is 0 Å². The molecule has 8 heteroatoms. The number of hydrogen-bond donors (Lipinski definition) is 2. The molecule has 2 heterocycles. The van der Waals surface area contributed by atoms with Crippen molar-refractivity contribution in [3.63, 3.8) is 0 Å². The van der Waals surface area contributed by atoms with Gasteiger partial charge >= 0.3 is 0 Å². The Labute approximate surface area is 132 Å². The van der Waals surface area contributed by atoms with E-state index in [-0.39, 0.29) is 23.0 Å². The molecule has 1 aromatic carbocycles. The number of carbonyl (C=O) groups is 1. The van der Waals surface area contributed by atoms with Gasteiger partial charge in [-0.15, -0.1) is 0 Å². The number of rotatable bonds is 3. The van der Waals surface area contributed by atoms with Gasteiger partial charge in [0.2, 0.25) is 0 Å². The lowest BCUT2D eigenvalue weighted by Gasteiger charge is -2.24. The summed E-state index contributed by atoms with van der Waals surface area (Å²) in [7, 11) is 0. The fourth-order valence-corrected chi connectivity index (χ4v) is 2.82. The second-order valence-electron chi connectivity index (χ2n) is 5.69. The third kappa shape index (κ3) is 3.01. The maximum Gasteiger partial charge on any atom is 0.270 e. The first-order valence-corrected chi connectivity index (χ1v) is 7.31. The maximum atomic E-state index is 12.4. The number of nitrogen functional groups attached to an aromatic ring is 1. The summed E-state index contributed by atoms with van der Waals surface area (Å²) in [5.41, 5.74) is 6.93. The number of aromatic nitrogens is 2. The molecule has 0 fully saturated rings. The number of benzene rings is 1. The predicted octanol–water partition coefficient (Wildman–Crippen LogP) is 1.43. The van der Waals surface area contributed by atoms with Crippen molar-refractivity contribution in [2.45, 2.75) is 32.4 Å². The molecule has 0 saturated heterocycles. The number of nitrogens with one attached hydrogen (secondary N) is 1. The van der Waals surface area contributed by atoms with Crippen LogP contribution in [0.15, 0.2) is 24.4 Å². The second kappa shape index (κ2) is 5.71. The fraction of sp³-hybridized carbons (Fsp3) is 0.333. The average Bonchev–Trinajstić information content (AvgIpc) is 2.86. The Balaban J connectivity index is 1.75. The van der Waals surface area contributed by atoms with Crippen molar-refractivity contribution < 1.29 is 9.72 Å². The summed E-state index contributed by atoms with van der Waals surface area (Å²) >= 11 is 0. The van der Waals surface area contributed by atoms with Crippen LogP contribution in [-0.2, 0) is 13.0 Å². The van der Waals surface area contributed by atoms with Crippen molar-refractivity contribution >= 4 is 17.3 Å². The fourth-order valence-electron chi connectivity index (χ4n) is 2.82. The highest BCUT2D eigenvalue weighted by atomic mass is 16.6. The highest BCUT2D eigenvalue weighted by Gasteiger charge is 2.23. The van der Waals surface area contributed by atoms with Gasteiger partial charge in [0, 0.05) is 43.0 Å². The van der Waals surface area contributed by atoms with Crippen LogP contribution in [0.3, 0.4) is 0 Å². The third-order valence-electron chi connectivity index (χ3n) is 3.94. The van der Waals surface area contributed by atoms with Gasteiger partial charge in [0.1, 0.15) is 5.82 Å². The number of aryl methyl sites for hydroxylation is 2. The highest BCUT2D eigenvalue weighted by Crippen LogP contribution is 2.21. The zero-order valence-corrected chi connectivity index (χ0v) is 12.7. The van der Waals surface area contributed by atoms with E-state index in [0.717, 1.165) is 24.4 Å². The lowest BCUT2D eigenvalue weighted by Crippen LogP contribution is -2.41. The number of nitrogens with zero attached hydrogens (tertiary/aromatic N) is 3. The second-order valence-corrected chi connectivity index (χ2v) is 5.69. The molecule has 0 unspecified atom stereocenters. The summed E-state index contributed by atoms with van der Waals surface area (Å²) in [6.07, 6.45) is 3.51. The van der Waals surface area contributed by atoms with Gasteiger partial charge in [-0.25, -0.2) is 4.98 Å². The summed E-state index contributed by atoms with van der Waals surface area (Å²) in [6, 6.07) is 3.82. The van der Waals surface area contributed by atoms with E-state index >= 15 is 0 Å². The van der Waals surface area contributed by atoms with E-state index < -0.39 is 10.8 Å². The molecule has 0 aliphatic carbocycles. The molecule has 1 aromatic heterocycles. The number of carbonyl (C=O) groups excluding carboxylic acids is 1. The molecule has 8 nitrogen and oxygen atoms in total. The molecule has 1 aliphatic heterocycles. The van der Waals surface area contributed by atoms with Gasteiger partial charge in [-0.05, 0) is 19.4 Å². The number of imidazole rings is 1. The Morgan fingerprint density at radius 2 is 2.30 bits per heavy atom. The number of nitro groups is 1. The minimum atomic E-state index is -0.544. The Bertz CT molecular complexity index is 783. The number of anilines is 1. The molecule has 1 aliphatic rings. The molecule has 0 radical (unpaired) electrons. The zero-order chi connectivity index (χ0) is 16.6. The molecule has 0 bridgehead atoms. The summed E-state index contributed by atoms with van der Waals surface area (Å²) in [5.74, 6) is 0.624. The minimum absolute atomic E-state index is 0.0535. The van der Waals surface area contributed by atoms with Crippen molar-refractivity contribution in [1.29, 1.82) is 0 Å². The van der Waals surface area contributed by atoms with E-state index in [9.17, 15) is 14.9 Å². The summed E-state index contributed by atoms with van der Waals surface area (Å²) in [4.78, 5) is 27.1. The van der Waals surface area contributed by atoms with Crippen LogP contribution >= 0.6 is 0 Å². The number of non-ortho nitro benzene ring substituents is 1. The van der Waals surface area contributed by atoms with Crippen molar-refractivity contribution in [3.05, 3.63) is 51.6 Å². The molecule has 2 aromatic rings. The normalized spacial score (nSPS) is 16.7. The summed E-state index contributed by atoms with van der Waals surface area (Å²) < 4.78 is 2.03. The van der Waals surface area contributed by atoms with Crippen LogP contribution < -0.4 is 11.1 Å². The van der Waals surface area contributed by atoms with Gasteiger partial charge in [-0.2, -0.15) is 0 Å². The molecule has 1 atom stereocenters. The summed E-state index contributed by atoms with van der Waals surface area (Å²) in [6.45, 7) is 2.57. The number of nitrogens with two attached hydrogens (primary N) is 1. The lowest BCUT2D eigenvalue weighted by atomic mass is 10.1. The average molecular weight is 315 g/mol. The Morgan fingerprint density at radius 3 is 3.04 bits per heavy atom. The smallest absolute Gasteiger partial charge is 0.270 e. The van der Waals surface area contributed by atoms with Crippen molar-refractivity contribution in [1.82, 2.24) is 14.9 Å². The van der Waals surface area contributed by atoms with E-state index in [1.165, 1.54) is 18.2 Å². The van der Waals surface area contributed by atoms with Crippen LogP contribution in [0.5, 0.6) is 0 Å². The number of amides is 1. The van der Waals surface area contributed by atoms with E-state index in [1.54, 1.807) is 0 Å². The molecule has 1 amide bonds. The third-order valence-corrected chi connectivity index (χ3v) is 3.94. The number of nitro benzene ring substituents is 1. The van der Waals surface area contributed by atoms with Gasteiger partial charge in [0.05, 0.1) is 16.2 Å². The van der Waals surface area contributed by atoms with E-state index in [4.69, 9.17) is 5.73 Å². The highest BCUT2D eigenvalue weighted by molar-refractivity contribution is 5.99. The maximum absolute atomic E-state index is 12.4. The van der Waals surface area contributed by atoms with Gasteiger partial charge in [0.25, 0.3) is 11.6 Å². The zero-order valence-electron chi connectivity index (χ0n) is 12.7. The SMILES string of the molecule is Cc1cn2c(n1)CC[C@@H](NC(=O)c1cc([N+](=O)[O-])ccc1N)C2. The topological polar surface area (TPSA) is 116 Å². The van der Waals surface area contributed by atoms with Gasteiger partial charge in [0.15, 0.2) is 0 Å². The van der Waals surface area contributed by atoms with Crippen LogP contribution in [0.2, 0.25) is 0 Å². The number of hydrogen-bond acceptors (Lipinski definition) is 5. The standard InChI is InChI=1S/C15H17N5O3/c1-9-7-19-8-10(2-5-14(19)17-9)18-15(21)12-6-11(20(22)23)3-4-13(12)16/h3-4,6-7,10H,2,5,8,16H2,1H3,(H,18,21)/t10-/m1/s1. The molecule has 3 rings (SSSR count). The molecular formula is C15H17N5O3.